The Labute approximate surface area is 90.2 Å². The predicted octanol–water partition coefficient (Wildman–Crippen LogP) is 0.960. The zero-order valence-electron chi connectivity index (χ0n) is 9.19. The van der Waals surface area contributed by atoms with Gasteiger partial charge in [-0.1, -0.05) is 6.92 Å². The molecule has 3 unspecified atom stereocenters. The molecular formula is C11H19NO3. The molecule has 0 radical (unpaired) electrons. The molecule has 0 aromatic carbocycles. The molecule has 0 amide bonds. The van der Waals surface area contributed by atoms with Crippen molar-refractivity contribution < 1.29 is 14.6 Å². The lowest BCUT2D eigenvalue weighted by molar-refractivity contribution is -0.145. The van der Waals surface area contributed by atoms with Crippen molar-refractivity contribution in [3.05, 3.63) is 0 Å². The van der Waals surface area contributed by atoms with Gasteiger partial charge in [0.1, 0.15) is 6.04 Å². The molecule has 15 heavy (non-hydrogen) atoms. The third kappa shape index (κ3) is 2.16. The number of carboxylic acids is 1. The molecule has 4 nitrogen and oxygen atoms in total. The van der Waals surface area contributed by atoms with E-state index in [1.54, 1.807) is 0 Å². The average Bonchev–Trinajstić information content (AvgIpc) is 2.61. The second-order valence-electron chi connectivity index (χ2n) is 4.66. The van der Waals surface area contributed by atoms with Gasteiger partial charge in [0.2, 0.25) is 0 Å². The number of rotatable bonds is 2. The number of carbonyl (C=O) groups is 1. The number of aliphatic carboxylic acids is 1. The van der Waals surface area contributed by atoms with Crippen LogP contribution in [0.2, 0.25) is 0 Å². The molecule has 0 bridgehead atoms. The molecule has 2 heterocycles. The summed E-state index contributed by atoms with van der Waals surface area (Å²) in [4.78, 5) is 13.3. The van der Waals surface area contributed by atoms with Gasteiger partial charge in [-0.05, 0) is 31.7 Å². The van der Waals surface area contributed by atoms with Crippen molar-refractivity contribution in [2.24, 2.45) is 5.92 Å². The normalized spacial score (nSPS) is 38.1. The van der Waals surface area contributed by atoms with Gasteiger partial charge in [-0.3, -0.25) is 9.69 Å². The van der Waals surface area contributed by atoms with Gasteiger partial charge in [0.15, 0.2) is 0 Å². The van der Waals surface area contributed by atoms with Crippen molar-refractivity contribution in [1.29, 1.82) is 0 Å². The van der Waals surface area contributed by atoms with Gasteiger partial charge in [-0.2, -0.15) is 0 Å². The maximum absolute atomic E-state index is 11.2. The number of nitrogens with zero attached hydrogens (tertiary/aromatic N) is 1. The van der Waals surface area contributed by atoms with Crippen molar-refractivity contribution >= 4 is 5.97 Å². The molecule has 0 saturated carbocycles. The van der Waals surface area contributed by atoms with Crippen LogP contribution >= 0.6 is 0 Å². The van der Waals surface area contributed by atoms with E-state index in [2.05, 4.69) is 4.90 Å². The molecular weight excluding hydrogens is 194 g/mol. The van der Waals surface area contributed by atoms with Crippen molar-refractivity contribution in [1.82, 2.24) is 4.90 Å². The first-order chi connectivity index (χ1) is 7.20. The van der Waals surface area contributed by atoms with E-state index in [-0.39, 0.29) is 12.0 Å². The molecule has 0 spiro atoms. The van der Waals surface area contributed by atoms with Crippen LogP contribution in [-0.2, 0) is 9.53 Å². The van der Waals surface area contributed by atoms with Crippen LogP contribution in [0.1, 0.15) is 26.2 Å². The molecule has 4 heteroatoms. The first kappa shape index (κ1) is 10.9. The van der Waals surface area contributed by atoms with E-state index < -0.39 is 5.97 Å². The van der Waals surface area contributed by atoms with Crippen LogP contribution in [0.15, 0.2) is 0 Å². The largest absolute Gasteiger partial charge is 0.480 e. The summed E-state index contributed by atoms with van der Waals surface area (Å²) in [5, 5.41) is 9.20. The van der Waals surface area contributed by atoms with Gasteiger partial charge in [-0.25, -0.2) is 0 Å². The number of hydrogen-bond donors (Lipinski definition) is 1. The third-order valence-corrected chi connectivity index (χ3v) is 3.60. The number of likely N-dealkylation sites (tertiary alicyclic amines) is 1. The Bertz CT molecular complexity index is 238. The number of hydrogen-bond acceptors (Lipinski definition) is 3. The molecule has 1 N–H and O–H groups in total. The third-order valence-electron chi connectivity index (χ3n) is 3.60. The second kappa shape index (κ2) is 4.49. The van der Waals surface area contributed by atoms with Crippen molar-refractivity contribution in [3.8, 4) is 0 Å². The smallest absolute Gasteiger partial charge is 0.321 e. The van der Waals surface area contributed by atoms with E-state index in [9.17, 15) is 9.90 Å². The minimum atomic E-state index is -0.675. The number of ether oxygens (including phenoxy) is 1. The Morgan fingerprint density at radius 3 is 2.87 bits per heavy atom. The summed E-state index contributed by atoms with van der Waals surface area (Å²) < 4.78 is 5.42. The van der Waals surface area contributed by atoms with Gasteiger partial charge in [-0.15, -0.1) is 0 Å². The predicted molar refractivity (Wildman–Crippen MR) is 55.8 cm³/mol. The molecule has 2 saturated heterocycles. The molecule has 0 aliphatic carbocycles. The lowest BCUT2D eigenvalue weighted by atomic mass is 10.0. The highest BCUT2D eigenvalue weighted by Crippen LogP contribution is 2.28. The first-order valence-corrected chi connectivity index (χ1v) is 5.76. The molecule has 3 atom stereocenters. The fourth-order valence-corrected chi connectivity index (χ4v) is 2.76. The summed E-state index contributed by atoms with van der Waals surface area (Å²) in [5.74, 6) is -0.407. The highest BCUT2D eigenvalue weighted by Gasteiger charge is 2.40. The Kier molecular flexibility index (Phi) is 3.26. The zero-order valence-corrected chi connectivity index (χ0v) is 9.19. The topological polar surface area (TPSA) is 49.8 Å². The summed E-state index contributed by atoms with van der Waals surface area (Å²) in [6, 6.07) is 0.0292. The van der Waals surface area contributed by atoms with Crippen LogP contribution in [0.3, 0.4) is 0 Å². The minimum absolute atomic E-state index is 0.268. The highest BCUT2D eigenvalue weighted by molar-refractivity contribution is 5.74. The van der Waals surface area contributed by atoms with Crippen molar-refractivity contribution in [3.63, 3.8) is 0 Å². The average molecular weight is 213 g/mol. The fraction of sp³-hybridized carbons (Fsp3) is 0.909. The summed E-state index contributed by atoms with van der Waals surface area (Å²) >= 11 is 0. The van der Waals surface area contributed by atoms with Crippen molar-refractivity contribution in [2.45, 2.75) is 38.3 Å². The molecule has 2 rings (SSSR count). The lowest BCUT2D eigenvalue weighted by Crippen LogP contribution is -2.48. The summed E-state index contributed by atoms with van der Waals surface area (Å²) in [7, 11) is 0. The van der Waals surface area contributed by atoms with Gasteiger partial charge >= 0.3 is 5.97 Å². The van der Waals surface area contributed by atoms with Gasteiger partial charge in [0, 0.05) is 12.6 Å². The molecule has 2 aliphatic rings. The first-order valence-electron chi connectivity index (χ1n) is 5.76. The van der Waals surface area contributed by atoms with Crippen LogP contribution in [0.5, 0.6) is 0 Å². The van der Waals surface area contributed by atoms with E-state index in [1.807, 2.05) is 6.92 Å². The maximum atomic E-state index is 11.2. The van der Waals surface area contributed by atoms with Crippen molar-refractivity contribution in [2.75, 3.05) is 19.8 Å². The fourth-order valence-electron chi connectivity index (χ4n) is 2.76. The standard InChI is InChI=1S/C11H19NO3/c1-8-4-5-12(10(8)11(13)14)9-3-2-6-15-7-9/h8-10H,2-7H2,1H3,(H,13,14). The van der Waals surface area contributed by atoms with E-state index in [1.165, 1.54) is 0 Å². The summed E-state index contributed by atoms with van der Waals surface area (Å²) in [6.45, 7) is 4.47. The van der Waals surface area contributed by atoms with Crippen LogP contribution in [-0.4, -0.2) is 47.8 Å². The number of carboxylic acid groups (broad SMARTS) is 1. The molecule has 2 fully saturated rings. The van der Waals surface area contributed by atoms with E-state index in [0.29, 0.717) is 12.6 Å². The SMILES string of the molecule is CC1CCN(C2CCCOC2)C1C(=O)O. The second-order valence-corrected chi connectivity index (χ2v) is 4.66. The summed E-state index contributed by atoms with van der Waals surface area (Å²) in [5.41, 5.74) is 0. The Morgan fingerprint density at radius 1 is 1.47 bits per heavy atom. The molecule has 0 aromatic heterocycles. The monoisotopic (exact) mass is 213 g/mol. The van der Waals surface area contributed by atoms with Crippen LogP contribution in [0.4, 0.5) is 0 Å². The maximum Gasteiger partial charge on any atom is 0.321 e. The van der Waals surface area contributed by atoms with E-state index >= 15 is 0 Å². The minimum Gasteiger partial charge on any atom is -0.480 e. The Morgan fingerprint density at radius 2 is 2.27 bits per heavy atom. The van der Waals surface area contributed by atoms with E-state index in [0.717, 1.165) is 32.4 Å². The quantitative estimate of drug-likeness (QED) is 0.742. The molecule has 86 valence electrons. The zero-order chi connectivity index (χ0) is 10.8. The summed E-state index contributed by atoms with van der Waals surface area (Å²) in [6.07, 6.45) is 3.13. The molecule has 0 aromatic rings. The van der Waals surface area contributed by atoms with Crippen LogP contribution in [0.25, 0.3) is 0 Å². The lowest BCUT2D eigenvalue weighted by Gasteiger charge is -2.34. The van der Waals surface area contributed by atoms with Gasteiger partial charge in [0.25, 0.3) is 0 Å². The molecule has 2 aliphatic heterocycles. The highest BCUT2D eigenvalue weighted by atomic mass is 16.5. The van der Waals surface area contributed by atoms with Gasteiger partial charge < -0.3 is 9.84 Å². The van der Waals surface area contributed by atoms with E-state index in [4.69, 9.17) is 4.74 Å². The van der Waals surface area contributed by atoms with Crippen LogP contribution in [0, 0.1) is 5.92 Å². The Balaban J connectivity index is 2.03. The van der Waals surface area contributed by atoms with Crippen LogP contribution < -0.4 is 0 Å². The Hall–Kier alpha value is -0.610. The van der Waals surface area contributed by atoms with Gasteiger partial charge in [0.05, 0.1) is 6.61 Å².